The number of hydrogen-bond acceptors (Lipinski definition) is 6. The molecule has 1 aliphatic carbocycles. The summed E-state index contributed by atoms with van der Waals surface area (Å²) in [7, 11) is -5.26. The van der Waals surface area contributed by atoms with Crippen molar-refractivity contribution in [2.24, 2.45) is 11.8 Å². The maximum atomic E-state index is 12.6. The number of ether oxygens (including phenoxy) is 1. The Morgan fingerprint density at radius 2 is 1.38 bits per heavy atom. The van der Waals surface area contributed by atoms with Crippen LogP contribution < -0.4 is 10.4 Å². The van der Waals surface area contributed by atoms with E-state index in [4.69, 9.17) is 13.3 Å². The molecule has 0 unspecified atom stereocenters. The maximum Gasteiger partial charge on any atom is 0.308 e. The molecule has 0 aliphatic heterocycles. The number of benzene rings is 2. The molecule has 6 nitrogen and oxygen atoms in total. The van der Waals surface area contributed by atoms with Gasteiger partial charge in [-0.2, -0.15) is 8.42 Å². The Kier molecular flexibility index (Phi) is 8.07. The molecular formula is C26H36O6SSi. The Balaban J connectivity index is 2.14. The van der Waals surface area contributed by atoms with E-state index in [1.807, 2.05) is 43.3 Å². The van der Waals surface area contributed by atoms with E-state index in [9.17, 15) is 13.2 Å². The molecule has 34 heavy (non-hydrogen) atoms. The topological polar surface area (TPSA) is 78.9 Å². The minimum absolute atomic E-state index is 0.239. The quantitative estimate of drug-likeness (QED) is 0.326. The molecule has 2 aromatic carbocycles. The first-order valence-electron chi connectivity index (χ1n) is 11.6. The van der Waals surface area contributed by atoms with Crippen LogP contribution in [0.5, 0.6) is 0 Å². The van der Waals surface area contributed by atoms with Gasteiger partial charge < -0.3 is 9.16 Å². The highest BCUT2D eigenvalue weighted by Crippen LogP contribution is 2.42. The van der Waals surface area contributed by atoms with Gasteiger partial charge in [-0.25, -0.2) is 0 Å². The van der Waals surface area contributed by atoms with Crippen LogP contribution in [0.25, 0.3) is 0 Å². The second kappa shape index (κ2) is 10.3. The lowest BCUT2D eigenvalue weighted by Gasteiger charge is -2.48. The zero-order chi connectivity index (χ0) is 25.1. The van der Waals surface area contributed by atoms with E-state index in [1.54, 1.807) is 0 Å². The van der Waals surface area contributed by atoms with Gasteiger partial charge in [-0.05, 0) is 28.3 Å². The van der Waals surface area contributed by atoms with Crippen LogP contribution in [-0.2, 0) is 28.3 Å². The van der Waals surface area contributed by atoms with Gasteiger partial charge in [0, 0.05) is 5.92 Å². The Labute approximate surface area is 204 Å². The highest BCUT2D eigenvalue weighted by molar-refractivity contribution is 7.86. The fourth-order valence-corrected chi connectivity index (χ4v) is 10.6. The Hall–Kier alpha value is -2.00. The van der Waals surface area contributed by atoms with Crippen LogP contribution in [-0.4, -0.2) is 48.3 Å². The van der Waals surface area contributed by atoms with Crippen molar-refractivity contribution in [2.75, 3.05) is 13.4 Å². The average molecular weight is 505 g/mol. The lowest BCUT2D eigenvalue weighted by atomic mass is 9.79. The fraction of sp³-hybridized carbons (Fsp3) is 0.500. The minimum atomic E-state index is -3.71. The Morgan fingerprint density at radius 1 is 0.912 bits per heavy atom. The predicted octanol–water partition coefficient (Wildman–Crippen LogP) is 3.50. The number of esters is 1. The van der Waals surface area contributed by atoms with Crippen LogP contribution in [0.1, 0.15) is 40.5 Å². The third-order valence-electron chi connectivity index (χ3n) is 6.78. The maximum absolute atomic E-state index is 12.6. The second-order valence-electron chi connectivity index (χ2n) is 10.2. The molecule has 8 heteroatoms. The average Bonchev–Trinajstić information content (AvgIpc) is 2.78. The molecule has 0 amide bonds. The van der Waals surface area contributed by atoms with E-state index in [1.165, 1.54) is 7.11 Å². The molecule has 1 saturated carbocycles. The second-order valence-corrected chi connectivity index (χ2v) is 16.1. The Bertz CT molecular complexity index is 1030. The van der Waals surface area contributed by atoms with Crippen molar-refractivity contribution in [3.8, 4) is 0 Å². The first kappa shape index (κ1) is 26.6. The van der Waals surface area contributed by atoms with Gasteiger partial charge in [-0.1, -0.05) is 88.4 Å². The van der Waals surface area contributed by atoms with Crippen molar-refractivity contribution in [3.05, 3.63) is 60.7 Å². The van der Waals surface area contributed by atoms with Crippen molar-refractivity contribution in [1.29, 1.82) is 0 Å². The number of rotatable bonds is 7. The zero-order valence-electron chi connectivity index (χ0n) is 20.9. The third kappa shape index (κ3) is 5.62. The van der Waals surface area contributed by atoms with Crippen LogP contribution >= 0.6 is 0 Å². The van der Waals surface area contributed by atoms with E-state index in [0.29, 0.717) is 6.42 Å². The summed E-state index contributed by atoms with van der Waals surface area (Å²) in [5.41, 5.74) is 0. The third-order valence-corrected chi connectivity index (χ3v) is 12.4. The van der Waals surface area contributed by atoms with Crippen LogP contribution in [0.15, 0.2) is 60.7 Å². The van der Waals surface area contributed by atoms with Gasteiger partial charge in [-0.15, -0.1) is 0 Å². The molecular weight excluding hydrogens is 468 g/mol. The minimum Gasteiger partial charge on any atom is -0.469 e. The largest absolute Gasteiger partial charge is 0.469 e. The zero-order valence-corrected chi connectivity index (χ0v) is 22.7. The van der Waals surface area contributed by atoms with Gasteiger partial charge in [0.05, 0.1) is 31.5 Å². The van der Waals surface area contributed by atoms with Crippen LogP contribution in [0.3, 0.4) is 0 Å². The van der Waals surface area contributed by atoms with Gasteiger partial charge in [0.2, 0.25) is 0 Å². The SMILES string of the molecule is COC(=O)[C@H]1C[C@H](O[Si](c2ccccc2)(c2ccccc2)C(C)(C)C)[C@@H](C)[C@@H](OS(C)(=O)=O)C1. The summed E-state index contributed by atoms with van der Waals surface area (Å²) in [6.07, 6.45) is 0.704. The van der Waals surface area contributed by atoms with Gasteiger partial charge in [0.15, 0.2) is 0 Å². The summed E-state index contributed by atoms with van der Waals surface area (Å²) in [6, 6.07) is 20.5. The number of hydrogen-bond donors (Lipinski definition) is 0. The summed E-state index contributed by atoms with van der Waals surface area (Å²) >= 11 is 0. The van der Waals surface area contributed by atoms with E-state index < -0.39 is 36.6 Å². The summed E-state index contributed by atoms with van der Waals surface area (Å²) in [5, 5.41) is 2.00. The van der Waals surface area contributed by atoms with Crippen molar-refractivity contribution >= 4 is 34.8 Å². The molecule has 4 atom stereocenters. The smallest absolute Gasteiger partial charge is 0.308 e. The molecule has 0 aromatic heterocycles. The molecule has 0 heterocycles. The lowest BCUT2D eigenvalue weighted by Crippen LogP contribution is -2.68. The van der Waals surface area contributed by atoms with E-state index in [-0.39, 0.29) is 23.3 Å². The number of carbonyl (C=O) groups is 1. The first-order chi connectivity index (χ1) is 15.9. The number of carbonyl (C=O) groups excluding carboxylic acids is 1. The summed E-state index contributed by atoms with van der Waals surface area (Å²) in [4.78, 5) is 12.6. The molecule has 0 N–H and O–H groups in total. The van der Waals surface area contributed by atoms with Gasteiger partial charge in [0.1, 0.15) is 0 Å². The van der Waals surface area contributed by atoms with Gasteiger partial charge >= 0.3 is 5.97 Å². The highest BCUT2D eigenvalue weighted by Gasteiger charge is 2.54. The predicted molar refractivity (Wildman–Crippen MR) is 136 cm³/mol. The van der Waals surface area contributed by atoms with E-state index >= 15 is 0 Å². The Morgan fingerprint density at radius 3 is 1.79 bits per heavy atom. The van der Waals surface area contributed by atoms with Crippen LogP contribution in [0.4, 0.5) is 0 Å². The molecule has 0 spiro atoms. The molecule has 1 fully saturated rings. The molecule has 1 aliphatic rings. The first-order valence-corrected chi connectivity index (χ1v) is 15.4. The standard InChI is InChI=1S/C26H36O6SSi/c1-19-23(31-33(6,28)29)17-20(25(27)30-5)18-24(19)32-34(26(2,3)4,21-13-9-7-10-14-21)22-15-11-8-12-16-22/h7-16,19-20,23-24H,17-18H2,1-6H3/t19-,20+,23-,24-/m0/s1. The molecule has 0 bridgehead atoms. The fourth-order valence-electron chi connectivity index (χ4n) is 5.11. The molecule has 186 valence electrons. The number of methoxy groups -OCH3 is 1. The molecule has 0 saturated heterocycles. The van der Waals surface area contributed by atoms with Crippen molar-refractivity contribution in [2.45, 2.75) is 57.8 Å². The normalized spacial score (nSPS) is 23.9. The van der Waals surface area contributed by atoms with Crippen molar-refractivity contribution in [3.63, 3.8) is 0 Å². The summed E-state index contributed by atoms with van der Waals surface area (Å²) in [6.45, 7) is 8.52. The molecule has 0 radical (unpaired) electrons. The monoisotopic (exact) mass is 504 g/mol. The van der Waals surface area contributed by atoms with Crippen LogP contribution in [0, 0.1) is 11.8 Å². The molecule has 2 aromatic rings. The highest BCUT2D eigenvalue weighted by atomic mass is 32.2. The van der Waals surface area contributed by atoms with Crippen LogP contribution in [0.2, 0.25) is 5.04 Å². The summed E-state index contributed by atoms with van der Waals surface area (Å²) < 4.78 is 41.8. The summed E-state index contributed by atoms with van der Waals surface area (Å²) in [5.74, 6) is -1.11. The van der Waals surface area contributed by atoms with Gasteiger partial charge in [0.25, 0.3) is 18.4 Å². The molecule has 3 rings (SSSR count). The van der Waals surface area contributed by atoms with E-state index in [0.717, 1.165) is 16.6 Å². The lowest BCUT2D eigenvalue weighted by molar-refractivity contribution is -0.150. The van der Waals surface area contributed by atoms with Gasteiger partial charge in [-0.3, -0.25) is 8.98 Å². The van der Waals surface area contributed by atoms with Crippen molar-refractivity contribution in [1.82, 2.24) is 0 Å². The van der Waals surface area contributed by atoms with Crippen molar-refractivity contribution < 1.29 is 26.6 Å². The van der Waals surface area contributed by atoms with E-state index in [2.05, 4.69) is 45.0 Å².